The number of rotatable bonds is 4. The van der Waals surface area contributed by atoms with E-state index in [1.165, 1.54) is 19.1 Å². The number of hydrogen-bond acceptors (Lipinski definition) is 4. The second-order valence-corrected chi connectivity index (χ2v) is 3.90. The van der Waals surface area contributed by atoms with Crippen molar-refractivity contribution in [3.63, 3.8) is 0 Å². The minimum atomic E-state index is -0.631. The molecule has 5 nitrogen and oxygen atoms in total. The maximum atomic E-state index is 11.5. The Bertz CT molecular complexity index is 574. The highest BCUT2D eigenvalue weighted by molar-refractivity contribution is 5.91. The molecule has 0 atom stereocenters. The van der Waals surface area contributed by atoms with Crippen molar-refractivity contribution in [2.75, 3.05) is 0 Å². The molecule has 0 bridgehead atoms. The molecule has 1 aromatic heterocycles. The van der Waals surface area contributed by atoms with Crippen LogP contribution in [0.25, 0.3) is 0 Å². The second kappa shape index (κ2) is 5.86. The third-order valence-electron chi connectivity index (χ3n) is 2.40. The van der Waals surface area contributed by atoms with E-state index >= 15 is 0 Å². The first-order chi connectivity index (χ1) is 9.15. The lowest BCUT2D eigenvalue weighted by atomic mass is 10.2. The highest BCUT2D eigenvalue weighted by atomic mass is 16.6. The monoisotopic (exact) mass is 259 g/mol. The zero-order valence-corrected chi connectivity index (χ0v) is 10.4. The lowest BCUT2D eigenvalue weighted by molar-refractivity contribution is 0.0980. The summed E-state index contributed by atoms with van der Waals surface area (Å²) in [6.45, 7) is 1.73. The van der Waals surface area contributed by atoms with Gasteiger partial charge in [-0.2, -0.15) is 0 Å². The summed E-state index contributed by atoms with van der Waals surface area (Å²) in [5, 5.41) is 2.58. The van der Waals surface area contributed by atoms with Gasteiger partial charge in [0.05, 0.1) is 0 Å². The summed E-state index contributed by atoms with van der Waals surface area (Å²) in [6, 6.07) is 12.3. The zero-order valence-electron chi connectivity index (χ0n) is 10.4. The quantitative estimate of drug-likeness (QED) is 0.857. The van der Waals surface area contributed by atoms with E-state index in [1.54, 1.807) is 0 Å². The van der Waals surface area contributed by atoms with Crippen molar-refractivity contribution in [1.29, 1.82) is 0 Å². The Morgan fingerprint density at radius 3 is 2.53 bits per heavy atom. The van der Waals surface area contributed by atoms with Gasteiger partial charge in [0.15, 0.2) is 11.5 Å². The van der Waals surface area contributed by atoms with Crippen molar-refractivity contribution in [3.05, 3.63) is 53.8 Å². The summed E-state index contributed by atoms with van der Waals surface area (Å²) in [6.07, 6.45) is -0.631. The van der Waals surface area contributed by atoms with Crippen LogP contribution in [0.2, 0.25) is 0 Å². The van der Waals surface area contributed by atoms with E-state index in [-0.39, 0.29) is 17.5 Å². The van der Waals surface area contributed by atoms with Gasteiger partial charge in [-0.15, -0.1) is 0 Å². The van der Waals surface area contributed by atoms with Gasteiger partial charge in [-0.3, -0.25) is 4.79 Å². The van der Waals surface area contributed by atoms with E-state index in [9.17, 15) is 9.59 Å². The Morgan fingerprint density at radius 2 is 1.89 bits per heavy atom. The average molecular weight is 259 g/mol. The van der Waals surface area contributed by atoms with Crippen molar-refractivity contribution >= 4 is 11.9 Å². The van der Waals surface area contributed by atoms with Gasteiger partial charge in [-0.1, -0.05) is 30.3 Å². The Labute approximate surface area is 110 Å². The van der Waals surface area contributed by atoms with Crippen LogP contribution in [0.5, 0.6) is 5.95 Å². The fourth-order valence-electron chi connectivity index (χ4n) is 1.46. The Balaban J connectivity index is 1.85. The topological polar surface area (TPSA) is 68.5 Å². The first kappa shape index (κ1) is 12.9. The third kappa shape index (κ3) is 3.70. The molecule has 1 N–H and O–H groups in total. The number of hydrogen-bond donors (Lipinski definition) is 1. The van der Waals surface area contributed by atoms with Crippen LogP contribution in [0.15, 0.2) is 46.9 Å². The maximum absolute atomic E-state index is 11.5. The molecular weight excluding hydrogens is 246 g/mol. The number of Topliss-reactive ketones (excluding diaryl/α,β-unsaturated/α-hetero) is 1. The summed E-state index contributed by atoms with van der Waals surface area (Å²) in [7, 11) is 0. The summed E-state index contributed by atoms with van der Waals surface area (Å²) in [5.74, 6) is -0.0684. The van der Waals surface area contributed by atoms with Crippen LogP contribution >= 0.6 is 0 Å². The molecule has 2 aromatic rings. The minimum Gasteiger partial charge on any atom is -0.422 e. The number of furan rings is 1. The van der Waals surface area contributed by atoms with Gasteiger partial charge in [-0.25, -0.2) is 4.79 Å². The molecule has 0 unspecified atom stereocenters. The smallest absolute Gasteiger partial charge is 0.415 e. The van der Waals surface area contributed by atoms with E-state index < -0.39 is 6.09 Å². The van der Waals surface area contributed by atoms with Gasteiger partial charge in [0, 0.05) is 19.5 Å². The fourth-order valence-corrected chi connectivity index (χ4v) is 1.46. The Kier molecular flexibility index (Phi) is 3.97. The maximum Gasteiger partial charge on any atom is 0.415 e. The predicted octanol–water partition coefficient (Wildman–Crippen LogP) is 2.77. The van der Waals surface area contributed by atoms with Crippen LogP contribution in [0, 0.1) is 0 Å². The average Bonchev–Trinajstić information content (AvgIpc) is 2.86. The van der Waals surface area contributed by atoms with Crippen LogP contribution in [0.4, 0.5) is 4.79 Å². The molecule has 0 spiro atoms. The van der Waals surface area contributed by atoms with Crippen LogP contribution in [-0.4, -0.2) is 11.9 Å². The van der Waals surface area contributed by atoms with E-state index in [1.807, 2.05) is 30.3 Å². The zero-order chi connectivity index (χ0) is 13.7. The van der Waals surface area contributed by atoms with Gasteiger partial charge in [-0.05, 0) is 11.6 Å². The molecule has 0 saturated carbocycles. The number of carbonyl (C=O) groups excluding carboxylic acids is 2. The van der Waals surface area contributed by atoms with E-state index in [4.69, 9.17) is 9.15 Å². The summed E-state index contributed by atoms with van der Waals surface area (Å²) >= 11 is 0. The van der Waals surface area contributed by atoms with Crippen molar-refractivity contribution in [2.45, 2.75) is 13.5 Å². The van der Waals surface area contributed by atoms with Gasteiger partial charge in [0.1, 0.15) is 0 Å². The molecule has 0 aliphatic rings. The number of benzene rings is 1. The predicted molar refractivity (Wildman–Crippen MR) is 68.0 cm³/mol. The normalized spacial score (nSPS) is 9.95. The molecular formula is C14H13NO4. The molecule has 1 heterocycles. The van der Waals surface area contributed by atoms with Crippen molar-refractivity contribution in [3.8, 4) is 5.95 Å². The van der Waals surface area contributed by atoms with Crippen molar-refractivity contribution in [2.24, 2.45) is 0 Å². The fraction of sp³-hybridized carbons (Fsp3) is 0.143. The molecule has 0 fully saturated rings. The van der Waals surface area contributed by atoms with Gasteiger partial charge >= 0.3 is 6.09 Å². The number of ketones is 1. The lowest BCUT2D eigenvalue weighted by Crippen LogP contribution is -2.26. The molecule has 98 valence electrons. The first-order valence-corrected chi connectivity index (χ1v) is 5.75. The van der Waals surface area contributed by atoms with Crippen LogP contribution < -0.4 is 10.1 Å². The molecule has 1 amide bonds. The van der Waals surface area contributed by atoms with Gasteiger partial charge in [0.25, 0.3) is 5.95 Å². The SMILES string of the molecule is CC(=O)c1ccc(OC(=O)NCc2ccccc2)o1. The number of carbonyl (C=O) groups is 2. The van der Waals surface area contributed by atoms with Crippen LogP contribution in [0.3, 0.4) is 0 Å². The number of amides is 1. The number of ether oxygens (including phenoxy) is 1. The lowest BCUT2D eigenvalue weighted by Gasteiger charge is -2.04. The molecule has 5 heteroatoms. The molecule has 0 saturated heterocycles. The molecule has 1 aromatic carbocycles. The molecule has 0 aliphatic carbocycles. The minimum absolute atomic E-state index is 0.00392. The molecule has 2 rings (SSSR count). The highest BCUT2D eigenvalue weighted by Gasteiger charge is 2.10. The Hall–Kier alpha value is -2.56. The van der Waals surface area contributed by atoms with Crippen molar-refractivity contribution < 1.29 is 18.7 Å². The van der Waals surface area contributed by atoms with Crippen molar-refractivity contribution in [1.82, 2.24) is 5.32 Å². The largest absolute Gasteiger partial charge is 0.422 e. The summed E-state index contributed by atoms with van der Waals surface area (Å²) < 4.78 is 9.93. The van der Waals surface area contributed by atoms with E-state index in [2.05, 4.69) is 5.32 Å². The van der Waals surface area contributed by atoms with E-state index in [0.717, 1.165) is 5.56 Å². The third-order valence-corrected chi connectivity index (χ3v) is 2.40. The Morgan fingerprint density at radius 1 is 1.16 bits per heavy atom. The van der Waals surface area contributed by atoms with E-state index in [0.29, 0.717) is 6.54 Å². The first-order valence-electron chi connectivity index (χ1n) is 5.75. The van der Waals surface area contributed by atoms with Gasteiger partial charge in [0.2, 0.25) is 0 Å². The second-order valence-electron chi connectivity index (χ2n) is 3.90. The standard InChI is InChI=1S/C14H13NO4/c1-10(16)12-7-8-13(18-12)19-14(17)15-9-11-5-3-2-4-6-11/h2-8H,9H2,1H3,(H,15,17). The molecule has 0 aliphatic heterocycles. The van der Waals surface area contributed by atoms with Crippen LogP contribution in [-0.2, 0) is 6.54 Å². The molecule has 19 heavy (non-hydrogen) atoms. The van der Waals surface area contributed by atoms with Gasteiger partial charge < -0.3 is 14.5 Å². The molecule has 0 radical (unpaired) electrons. The van der Waals surface area contributed by atoms with Crippen LogP contribution in [0.1, 0.15) is 23.0 Å². The highest BCUT2D eigenvalue weighted by Crippen LogP contribution is 2.16. The summed E-state index contributed by atoms with van der Waals surface area (Å²) in [4.78, 5) is 22.5. The summed E-state index contributed by atoms with van der Waals surface area (Å²) in [5.41, 5.74) is 0.961. The number of nitrogens with one attached hydrogen (secondary N) is 1.